The highest BCUT2D eigenvalue weighted by molar-refractivity contribution is 5.96. The van der Waals surface area contributed by atoms with Crippen LogP contribution in [0.5, 0.6) is 5.75 Å². The number of amides is 1. The Kier molecular flexibility index (Phi) is 4.93. The van der Waals surface area contributed by atoms with Gasteiger partial charge < -0.3 is 15.4 Å². The molecule has 2 aromatic rings. The standard InChI is InChI=1S/C16H16F2N2O2/c1-10(19-14-5-3-4-6-15(14)22-2)16(21)20-13-8-7-11(17)9-12(13)18/h3-10,19H,1-2H3,(H,20,21)/t10-/m0/s1. The molecule has 2 rings (SSSR count). The number of methoxy groups -OCH3 is 1. The Bertz CT molecular complexity index is 677. The van der Waals surface area contributed by atoms with Crippen molar-refractivity contribution in [1.29, 1.82) is 0 Å². The fraction of sp³-hybridized carbons (Fsp3) is 0.188. The lowest BCUT2D eigenvalue weighted by Gasteiger charge is -2.17. The quantitative estimate of drug-likeness (QED) is 0.890. The number of carbonyl (C=O) groups excluding carboxylic acids is 1. The van der Waals surface area contributed by atoms with Gasteiger partial charge in [0.05, 0.1) is 18.5 Å². The number of hydrogen-bond acceptors (Lipinski definition) is 3. The molecule has 0 aliphatic heterocycles. The molecule has 6 heteroatoms. The number of para-hydroxylation sites is 2. The summed E-state index contributed by atoms with van der Waals surface area (Å²) in [5.41, 5.74) is 0.576. The summed E-state index contributed by atoms with van der Waals surface area (Å²) in [7, 11) is 1.53. The number of hydrogen-bond donors (Lipinski definition) is 2. The van der Waals surface area contributed by atoms with Gasteiger partial charge in [-0.3, -0.25) is 4.79 Å². The van der Waals surface area contributed by atoms with Crippen molar-refractivity contribution in [2.75, 3.05) is 17.7 Å². The third-order valence-electron chi connectivity index (χ3n) is 3.06. The molecule has 1 amide bonds. The molecular weight excluding hydrogens is 290 g/mol. The molecule has 0 heterocycles. The molecule has 0 aromatic heterocycles. The zero-order valence-electron chi connectivity index (χ0n) is 12.2. The van der Waals surface area contributed by atoms with Crippen molar-refractivity contribution in [3.05, 3.63) is 54.1 Å². The molecule has 1 atom stereocenters. The molecule has 0 radical (unpaired) electrons. The van der Waals surface area contributed by atoms with Gasteiger partial charge >= 0.3 is 0 Å². The molecule has 4 nitrogen and oxygen atoms in total. The van der Waals surface area contributed by atoms with E-state index in [4.69, 9.17) is 4.74 Å². The van der Waals surface area contributed by atoms with Gasteiger partial charge in [0.25, 0.3) is 0 Å². The van der Waals surface area contributed by atoms with Gasteiger partial charge in [0.15, 0.2) is 0 Å². The van der Waals surface area contributed by atoms with Crippen LogP contribution in [0, 0.1) is 11.6 Å². The van der Waals surface area contributed by atoms with Crippen molar-refractivity contribution in [2.45, 2.75) is 13.0 Å². The number of rotatable bonds is 5. The molecule has 2 aromatic carbocycles. The summed E-state index contributed by atoms with van der Waals surface area (Å²) in [5, 5.41) is 5.39. The first-order valence-corrected chi connectivity index (χ1v) is 6.66. The average Bonchev–Trinajstić information content (AvgIpc) is 2.50. The van der Waals surface area contributed by atoms with E-state index in [1.807, 2.05) is 6.07 Å². The van der Waals surface area contributed by atoms with E-state index in [1.54, 1.807) is 25.1 Å². The lowest BCUT2D eigenvalue weighted by molar-refractivity contribution is -0.116. The maximum atomic E-state index is 13.5. The van der Waals surface area contributed by atoms with Crippen LogP contribution < -0.4 is 15.4 Å². The normalized spacial score (nSPS) is 11.6. The molecule has 0 aliphatic rings. The minimum Gasteiger partial charge on any atom is -0.495 e. The smallest absolute Gasteiger partial charge is 0.246 e. The molecule has 0 saturated carbocycles. The first-order chi connectivity index (χ1) is 10.5. The molecule has 0 fully saturated rings. The van der Waals surface area contributed by atoms with Crippen LogP contribution in [0.3, 0.4) is 0 Å². The largest absolute Gasteiger partial charge is 0.495 e. The zero-order chi connectivity index (χ0) is 16.1. The second-order valence-electron chi connectivity index (χ2n) is 4.68. The minimum absolute atomic E-state index is 0.0694. The highest BCUT2D eigenvalue weighted by Crippen LogP contribution is 2.24. The van der Waals surface area contributed by atoms with E-state index in [0.29, 0.717) is 17.5 Å². The molecule has 2 N–H and O–H groups in total. The summed E-state index contributed by atoms with van der Waals surface area (Å²) in [6, 6.07) is 9.47. The lowest BCUT2D eigenvalue weighted by Crippen LogP contribution is -2.32. The molecule has 22 heavy (non-hydrogen) atoms. The Labute approximate surface area is 127 Å². The number of benzene rings is 2. The van der Waals surface area contributed by atoms with Crippen LogP contribution in [0.25, 0.3) is 0 Å². The zero-order valence-corrected chi connectivity index (χ0v) is 12.2. The first kappa shape index (κ1) is 15.8. The summed E-state index contributed by atoms with van der Waals surface area (Å²) < 4.78 is 31.5. The van der Waals surface area contributed by atoms with Gasteiger partial charge in [0.1, 0.15) is 23.4 Å². The Morgan fingerprint density at radius 3 is 2.55 bits per heavy atom. The Morgan fingerprint density at radius 1 is 1.14 bits per heavy atom. The molecule has 0 aliphatic carbocycles. The van der Waals surface area contributed by atoms with Crippen LogP contribution >= 0.6 is 0 Å². The van der Waals surface area contributed by atoms with Gasteiger partial charge in [-0.05, 0) is 31.2 Å². The van der Waals surface area contributed by atoms with E-state index in [-0.39, 0.29) is 5.69 Å². The highest BCUT2D eigenvalue weighted by Gasteiger charge is 2.16. The SMILES string of the molecule is COc1ccccc1N[C@@H](C)C(=O)Nc1ccc(F)cc1F. The summed E-state index contributed by atoms with van der Waals surface area (Å²) in [4.78, 5) is 12.1. The summed E-state index contributed by atoms with van der Waals surface area (Å²) in [6.45, 7) is 1.63. The highest BCUT2D eigenvalue weighted by atomic mass is 19.1. The third-order valence-corrected chi connectivity index (χ3v) is 3.06. The number of ether oxygens (including phenoxy) is 1. The Morgan fingerprint density at radius 2 is 1.86 bits per heavy atom. The summed E-state index contributed by atoms with van der Waals surface area (Å²) in [6.07, 6.45) is 0. The first-order valence-electron chi connectivity index (χ1n) is 6.66. The van der Waals surface area contributed by atoms with Crippen LogP contribution in [-0.2, 0) is 4.79 Å². The van der Waals surface area contributed by atoms with E-state index < -0.39 is 23.6 Å². The number of carbonyl (C=O) groups is 1. The van der Waals surface area contributed by atoms with Crippen molar-refractivity contribution in [3.8, 4) is 5.75 Å². The van der Waals surface area contributed by atoms with E-state index in [2.05, 4.69) is 10.6 Å². The van der Waals surface area contributed by atoms with Crippen molar-refractivity contribution in [3.63, 3.8) is 0 Å². The number of anilines is 2. The minimum atomic E-state index is -0.821. The van der Waals surface area contributed by atoms with Gasteiger partial charge in [-0.25, -0.2) is 8.78 Å². The van der Waals surface area contributed by atoms with Crippen molar-refractivity contribution < 1.29 is 18.3 Å². The maximum Gasteiger partial charge on any atom is 0.246 e. The van der Waals surface area contributed by atoms with E-state index in [0.717, 1.165) is 6.07 Å². The monoisotopic (exact) mass is 306 g/mol. The predicted molar refractivity (Wildman–Crippen MR) is 81.1 cm³/mol. The van der Waals surface area contributed by atoms with Crippen LogP contribution in [0.2, 0.25) is 0 Å². The van der Waals surface area contributed by atoms with Crippen LogP contribution in [-0.4, -0.2) is 19.1 Å². The number of nitrogens with one attached hydrogen (secondary N) is 2. The second kappa shape index (κ2) is 6.89. The maximum absolute atomic E-state index is 13.5. The molecule has 0 spiro atoms. The molecular formula is C16H16F2N2O2. The molecule has 0 saturated heterocycles. The molecule has 0 unspecified atom stereocenters. The topological polar surface area (TPSA) is 50.4 Å². The van der Waals surface area contributed by atoms with E-state index >= 15 is 0 Å². The summed E-state index contributed by atoms with van der Waals surface area (Å²) >= 11 is 0. The fourth-order valence-electron chi connectivity index (χ4n) is 1.89. The average molecular weight is 306 g/mol. The predicted octanol–water partition coefficient (Wildman–Crippen LogP) is 3.41. The van der Waals surface area contributed by atoms with Crippen LogP contribution in [0.4, 0.5) is 20.2 Å². The van der Waals surface area contributed by atoms with Crippen molar-refractivity contribution in [1.82, 2.24) is 0 Å². The van der Waals surface area contributed by atoms with Crippen molar-refractivity contribution >= 4 is 17.3 Å². The molecule has 116 valence electrons. The Balaban J connectivity index is 2.06. The van der Waals surface area contributed by atoms with Gasteiger partial charge in [0.2, 0.25) is 5.91 Å². The fourth-order valence-corrected chi connectivity index (χ4v) is 1.89. The lowest BCUT2D eigenvalue weighted by atomic mass is 10.2. The Hall–Kier alpha value is -2.63. The van der Waals surface area contributed by atoms with E-state index in [1.165, 1.54) is 13.2 Å². The van der Waals surface area contributed by atoms with Crippen molar-refractivity contribution in [2.24, 2.45) is 0 Å². The number of halogens is 2. The molecule has 0 bridgehead atoms. The second-order valence-corrected chi connectivity index (χ2v) is 4.68. The van der Waals surface area contributed by atoms with Gasteiger partial charge in [0, 0.05) is 6.07 Å². The van der Waals surface area contributed by atoms with E-state index in [9.17, 15) is 13.6 Å². The van der Waals surface area contributed by atoms with Gasteiger partial charge in [-0.1, -0.05) is 12.1 Å². The summed E-state index contributed by atoms with van der Waals surface area (Å²) in [5.74, 6) is -1.37. The third kappa shape index (κ3) is 3.72. The van der Waals surface area contributed by atoms with Crippen LogP contribution in [0.15, 0.2) is 42.5 Å². The van der Waals surface area contributed by atoms with Gasteiger partial charge in [-0.15, -0.1) is 0 Å². The van der Waals surface area contributed by atoms with Crippen LogP contribution in [0.1, 0.15) is 6.92 Å². The van der Waals surface area contributed by atoms with Gasteiger partial charge in [-0.2, -0.15) is 0 Å².